The number of amides is 1. The number of halogens is 1. The van der Waals surface area contributed by atoms with Crippen molar-refractivity contribution in [2.45, 2.75) is 26.8 Å². The van der Waals surface area contributed by atoms with Gasteiger partial charge in [0, 0.05) is 18.8 Å². The summed E-state index contributed by atoms with van der Waals surface area (Å²) in [5.41, 5.74) is 2.79. The number of fused-ring (bicyclic) bond motifs is 1. The molecule has 6 nitrogen and oxygen atoms in total. The molecule has 2 aliphatic rings. The topological polar surface area (TPSA) is 62.5 Å². The van der Waals surface area contributed by atoms with Gasteiger partial charge in [-0.05, 0) is 19.3 Å². The fourth-order valence-corrected chi connectivity index (χ4v) is 3.63. The number of aromatic nitrogens is 2. The number of hydrogen-bond donors (Lipinski definition) is 1. The van der Waals surface area contributed by atoms with E-state index in [1.165, 1.54) is 0 Å². The molecule has 0 spiro atoms. The lowest BCUT2D eigenvalue weighted by molar-refractivity contribution is -0.120. The van der Waals surface area contributed by atoms with Crippen LogP contribution in [0.1, 0.15) is 17.8 Å². The zero-order chi connectivity index (χ0) is 15.7. The molecule has 0 saturated carbocycles. The molecule has 0 bridgehead atoms. The molecule has 0 aliphatic carbocycles. The van der Waals surface area contributed by atoms with Crippen molar-refractivity contribution < 1.29 is 4.79 Å². The number of carbonyl (C=O) groups excluding carboxylic acids is 1. The molecule has 1 N–H and O–H groups in total. The summed E-state index contributed by atoms with van der Waals surface area (Å²) in [6.07, 6.45) is 0.393. The Hall–Kier alpha value is -1.47. The Morgan fingerprint density at radius 2 is 2.32 bits per heavy atom. The molecule has 8 heteroatoms. The number of nitrogens with one attached hydrogen (secondary N) is 1. The second-order valence-corrected chi connectivity index (χ2v) is 6.49. The van der Waals surface area contributed by atoms with E-state index in [-0.39, 0.29) is 5.91 Å². The zero-order valence-corrected chi connectivity index (χ0v) is 14.2. The number of rotatable bonds is 5. The Labute approximate surface area is 138 Å². The Balaban J connectivity index is 1.47. The molecule has 0 radical (unpaired) electrons. The summed E-state index contributed by atoms with van der Waals surface area (Å²) in [6, 6.07) is 0. The van der Waals surface area contributed by atoms with Crippen molar-refractivity contribution in [3.63, 3.8) is 0 Å². The standard InChI is InChI=1S/C14H18ClN5OS/c1-9-13(15)10(2)20(18-9)6-4-16-12(21)7-11-8-22-14-17-3-5-19(11)14/h8H,3-7H2,1-2H3,(H,16,21). The first-order valence-electron chi connectivity index (χ1n) is 7.20. The van der Waals surface area contributed by atoms with Crippen LogP contribution in [0.5, 0.6) is 0 Å². The smallest absolute Gasteiger partial charge is 0.226 e. The quantitative estimate of drug-likeness (QED) is 0.890. The van der Waals surface area contributed by atoms with Crippen LogP contribution < -0.4 is 5.32 Å². The molecule has 3 heterocycles. The number of amidine groups is 1. The van der Waals surface area contributed by atoms with Gasteiger partial charge in [-0.3, -0.25) is 14.5 Å². The van der Waals surface area contributed by atoms with E-state index in [1.807, 2.05) is 23.9 Å². The van der Waals surface area contributed by atoms with Crippen molar-refractivity contribution in [1.82, 2.24) is 20.0 Å². The fourth-order valence-electron chi connectivity index (χ4n) is 2.54. The third-order valence-electron chi connectivity index (χ3n) is 3.73. The van der Waals surface area contributed by atoms with E-state index in [1.54, 1.807) is 11.8 Å². The van der Waals surface area contributed by atoms with Gasteiger partial charge in [-0.25, -0.2) is 0 Å². The maximum atomic E-state index is 12.1. The maximum absolute atomic E-state index is 12.1. The second kappa shape index (κ2) is 6.34. The van der Waals surface area contributed by atoms with Crippen LogP contribution in [0.4, 0.5) is 0 Å². The third-order valence-corrected chi connectivity index (χ3v) is 5.23. The van der Waals surface area contributed by atoms with Gasteiger partial charge in [0.25, 0.3) is 0 Å². The van der Waals surface area contributed by atoms with E-state index in [9.17, 15) is 4.79 Å². The van der Waals surface area contributed by atoms with Gasteiger partial charge in [0.05, 0.1) is 35.9 Å². The molecule has 0 unspecified atom stereocenters. The lowest BCUT2D eigenvalue weighted by Gasteiger charge is -2.16. The van der Waals surface area contributed by atoms with Crippen molar-refractivity contribution in [2.75, 3.05) is 19.6 Å². The number of aliphatic imine (C=N–C) groups is 1. The molecule has 3 rings (SSSR count). The van der Waals surface area contributed by atoms with Gasteiger partial charge in [-0.1, -0.05) is 23.4 Å². The molecule has 1 amide bonds. The summed E-state index contributed by atoms with van der Waals surface area (Å²) in [7, 11) is 0. The van der Waals surface area contributed by atoms with E-state index in [0.29, 0.717) is 24.5 Å². The van der Waals surface area contributed by atoms with Crippen LogP contribution in [-0.4, -0.2) is 45.4 Å². The van der Waals surface area contributed by atoms with Crippen LogP contribution in [-0.2, 0) is 11.3 Å². The molecular weight excluding hydrogens is 322 g/mol. The summed E-state index contributed by atoms with van der Waals surface area (Å²) >= 11 is 7.70. The van der Waals surface area contributed by atoms with Crippen molar-refractivity contribution >= 4 is 34.4 Å². The fraction of sp³-hybridized carbons (Fsp3) is 0.500. The number of nitrogens with zero attached hydrogens (tertiary/aromatic N) is 4. The number of hydrogen-bond acceptors (Lipinski definition) is 5. The Morgan fingerprint density at radius 1 is 1.50 bits per heavy atom. The predicted molar refractivity (Wildman–Crippen MR) is 89.0 cm³/mol. The minimum Gasteiger partial charge on any atom is -0.354 e. The molecule has 0 fully saturated rings. The van der Waals surface area contributed by atoms with Crippen LogP contribution in [0.3, 0.4) is 0 Å². The molecule has 22 heavy (non-hydrogen) atoms. The first kappa shape index (κ1) is 15.4. The molecule has 0 saturated heterocycles. The van der Waals surface area contributed by atoms with Gasteiger partial charge in [0.15, 0.2) is 5.17 Å². The Morgan fingerprint density at radius 3 is 3.05 bits per heavy atom. The molecule has 2 aliphatic heterocycles. The van der Waals surface area contributed by atoms with Gasteiger partial charge >= 0.3 is 0 Å². The van der Waals surface area contributed by atoms with Gasteiger partial charge in [0.2, 0.25) is 5.91 Å². The van der Waals surface area contributed by atoms with Gasteiger partial charge in [-0.15, -0.1) is 0 Å². The number of thioether (sulfide) groups is 1. The molecule has 1 aromatic rings. The highest BCUT2D eigenvalue weighted by Gasteiger charge is 2.27. The lowest BCUT2D eigenvalue weighted by Crippen LogP contribution is -2.30. The van der Waals surface area contributed by atoms with E-state index in [4.69, 9.17) is 11.6 Å². The summed E-state index contributed by atoms with van der Waals surface area (Å²) in [5, 5.41) is 11.0. The lowest BCUT2D eigenvalue weighted by atomic mass is 10.3. The zero-order valence-electron chi connectivity index (χ0n) is 12.6. The molecule has 0 aromatic carbocycles. The molecular formula is C14H18ClN5OS. The monoisotopic (exact) mass is 339 g/mol. The highest BCUT2D eigenvalue weighted by Crippen LogP contribution is 2.30. The number of aryl methyl sites for hydroxylation is 1. The van der Waals surface area contributed by atoms with Crippen molar-refractivity contribution in [3.05, 3.63) is 27.5 Å². The van der Waals surface area contributed by atoms with Crippen LogP contribution in [0.15, 0.2) is 16.1 Å². The summed E-state index contributed by atoms with van der Waals surface area (Å²) in [6.45, 7) is 6.67. The van der Waals surface area contributed by atoms with Crippen molar-refractivity contribution in [2.24, 2.45) is 4.99 Å². The maximum Gasteiger partial charge on any atom is 0.226 e. The minimum absolute atomic E-state index is 0.0210. The van der Waals surface area contributed by atoms with Crippen LogP contribution in [0, 0.1) is 13.8 Å². The third kappa shape index (κ3) is 3.01. The molecule has 118 valence electrons. The average molecular weight is 340 g/mol. The van der Waals surface area contributed by atoms with Crippen molar-refractivity contribution in [3.8, 4) is 0 Å². The first-order valence-corrected chi connectivity index (χ1v) is 8.46. The van der Waals surface area contributed by atoms with Crippen LogP contribution >= 0.6 is 23.4 Å². The number of carbonyl (C=O) groups is 1. The van der Waals surface area contributed by atoms with Crippen molar-refractivity contribution in [1.29, 1.82) is 0 Å². The van der Waals surface area contributed by atoms with E-state index >= 15 is 0 Å². The average Bonchev–Trinajstić information content (AvgIpc) is 3.14. The van der Waals surface area contributed by atoms with Gasteiger partial charge in [0.1, 0.15) is 0 Å². The first-order chi connectivity index (χ1) is 10.6. The van der Waals surface area contributed by atoms with Crippen LogP contribution in [0.2, 0.25) is 5.02 Å². The summed E-state index contributed by atoms with van der Waals surface area (Å²) in [5.74, 6) is 0.0210. The molecule has 1 aromatic heterocycles. The van der Waals surface area contributed by atoms with E-state index in [2.05, 4.69) is 20.3 Å². The Bertz CT molecular complexity index is 666. The highest BCUT2D eigenvalue weighted by molar-refractivity contribution is 8.16. The summed E-state index contributed by atoms with van der Waals surface area (Å²) in [4.78, 5) is 18.5. The predicted octanol–water partition coefficient (Wildman–Crippen LogP) is 1.92. The largest absolute Gasteiger partial charge is 0.354 e. The normalized spacial score (nSPS) is 16.6. The van der Waals surface area contributed by atoms with Gasteiger partial charge < -0.3 is 10.2 Å². The molecule has 0 atom stereocenters. The van der Waals surface area contributed by atoms with E-state index < -0.39 is 0 Å². The minimum atomic E-state index is 0.0210. The summed E-state index contributed by atoms with van der Waals surface area (Å²) < 4.78 is 1.83. The SMILES string of the molecule is Cc1nn(CCNC(=O)CC2=CSC3=NCCN23)c(C)c1Cl. The Kier molecular flexibility index (Phi) is 4.44. The van der Waals surface area contributed by atoms with E-state index in [0.717, 1.165) is 35.3 Å². The highest BCUT2D eigenvalue weighted by atomic mass is 35.5. The van der Waals surface area contributed by atoms with Crippen LogP contribution in [0.25, 0.3) is 0 Å². The van der Waals surface area contributed by atoms with Gasteiger partial charge in [-0.2, -0.15) is 5.10 Å². The second-order valence-electron chi connectivity index (χ2n) is 5.28.